The van der Waals surface area contributed by atoms with Crippen molar-refractivity contribution in [3.05, 3.63) is 75.8 Å². The van der Waals surface area contributed by atoms with Gasteiger partial charge in [0.15, 0.2) is 0 Å². The molecule has 25 heavy (non-hydrogen) atoms. The fraction of sp³-hybridized carbons (Fsp3) is 0.0526. The summed E-state index contributed by atoms with van der Waals surface area (Å²) in [5.74, 6) is 0.412. The van der Waals surface area contributed by atoms with Crippen LogP contribution in [-0.4, -0.2) is 10.9 Å². The monoisotopic (exact) mass is 371 g/mol. The molecule has 1 heterocycles. The molecule has 126 valence electrons. The number of benzene rings is 2. The number of hydrogen-bond donors (Lipinski definition) is 2. The van der Waals surface area contributed by atoms with Gasteiger partial charge in [-0.2, -0.15) is 0 Å². The molecule has 0 aliphatic rings. The third-order valence-corrected chi connectivity index (χ3v) is 4.25. The summed E-state index contributed by atoms with van der Waals surface area (Å²) in [6.45, 7) is 1.97. The first-order valence-corrected chi connectivity index (χ1v) is 8.29. The summed E-state index contributed by atoms with van der Waals surface area (Å²) in [7, 11) is 0. The first kappa shape index (κ1) is 17.3. The molecule has 0 saturated carbocycles. The number of nitrogen functional groups attached to an aromatic ring is 1. The highest BCUT2D eigenvalue weighted by Gasteiger charge is 2.11. The van der Waals surface area contributed by atoms with E-state index in [1.807, 2.05) is 31.2 Å². The van der Waals surface area contributed by atoms with Gasteiger partial charge < -0.3 is 11.1 Å². The predicted molar refractivity (Wildman–Crippen MR) is 103 cm³/mol. The number of anilines is 2. The summed E-state index contributed by atoms with van der Waals surface area (Å²) < 4.78 is 0. The third kappa shape index (κ3) is 3.92. The normalized spacial score (nSPS) is 10.5. The van der Waals surface area contributed by atoms with Crippen molar-refractivity contribution in [2.45, 2.75) is 6.92 Å². The number of pyridine rings is 1. The minimum atomic E-state index is -0.282. The number of nitrogens with two attached hydrogens (primary N) is 1. The SMILES string of the molecule is Cc1ccc(Cl)cc1-c1ccc(NC(=O)c2ccc(Cl)cc2)nc1N. The van der Waals surface area contributed by atoms with Gasteiger partial charge in [-0.25, -0.2) is 4.98 Å². The predicted octanol–water partition coefficient (Wildman–Crippen LogP) is 5.20. The fourth-order valence-electron chi connectivity index (χ4n) is 2.45. The van der Waals surface area contributed by atoms with Crippen LogP contribution in [0.3, 0.4) is 0 Å². The minimum Gasteiger partial charge on any atom is -0.383 e. The molecule has 0 aliphatic heterocycles. The molecular formula is C19H15Cl2N3O. The highest BCUT2D eigenvalue weighted by Crippen LogP contribution is 2.31. The van der Waals surface area contributed by atoms with Crippen LogP contribution in [0.4, 0.5) is 11.6 Å². The molecule has 0 aliphatic carbocycles. The molecule has 0 spiro atoms. The molecular weight excluding hydrogens is 357 g/mol. The lowest BCUT2D eigenvalue weighted by Gasteiger charge is -2.11. The molecule has 3 N–H and O–H groups in total. The van der Waals surface area contributed by atoms with Crippen molar-refractivity contribution >= 4 is 40.7 Å². The van der Waals surface area contributed by atoms with Crippen LogP contribution < -0.4 is 11.1 Å². The Morgan fingerprint density at radius 2 is 1.64 bits per heavy atom. The summed E-state index contributed by atoms with van der Waals surface area (Å²) in [5.41, 5.74) is 9.29. The van der Waals surface area contributed by atoms with Gasteiger partial charge in [0, 0.05) is 21.2 Å². The Kier molecular flexibility index (Phi) is 4.93. The minimum absolute atomic E-state index is 0.282. The third-order valence-electron chi connectivity index (χ3n) is 3.76. The summed E-state index contributed by atoms with van der Waals surface area (Å²) in [4.78, 5) is 16.5. The van der Waals surface area contributed by atoms with E-state index in [1.165, 1.54) is 0 Å². The first-order valence-electron chi connectivity index (χ1n) is 7.54. The molecule has 0 atom stereocenters. The second-order valence-electron chi connectivity index (χ2n) is 5.55. The van der Waals surface area contributed by atoms with E-state index < -0.39 is 0 Å². The quantitative estimate of drug-likeness (QED) is 0.664. The number of hydrogen-bond acceptors (Lipinski definition) is 3. The smallest absolute Gasteiger partial charge is 0.256 e. The van der Waals surface area contributed by atoms with Crippen molar-refractivity contribution in [3.8, 4) is 11.1 Å². The Morgan fingerprint density at radius 3 is 2.32 bits per heavy atom. The van der Waals surface area contributed by atoms with Crippen molar-refractivity contribution < 1.29 is 4.79 Å². The maximum absolute atomic E-state index is 12.2. The molecule has 6 heteroatoms. The summed E-state index contributed by atoms with van der Waals surface area (Å²) in [6.07, 6.45) is 0. The van der Waals surface area contributed by atoms with Crippen LogP contribution in [0.25, 0.3) is 11.1 Å². The maximum atomic E-state index is 12.2. The van der Waals surface area contributed by atoms with Gasteiger partial charge in [-0.1, -0.05) is 29.3 Å². The zero-order valence-electron chi connectivity index (χ0n) is 13.4. The van der Waals surface area contributed by atoms with E-state index in [0.29, 0.717) is 27.2 Å². The maximum Gasteiger partial charge on any atom is 0.256 e. The molecule has 0 bridgehead atoms. The lowest BCUT2D eigenvalue weighted by molar-refractivity contribution is 0.102. The number of aryl methyl sites for hydroxylation is 1. The topological polar surface area (TPSA) is 68.0 Å². The van der Waals surface area contributed by atoms with Gasteiger partial charge >= 0.3 is 0 Å². The Balaban J connectivity index is 1.86. The van der Waals surface area contributed by atoms with Gasteiger partial charge in [-0.3, -0.25) is 4.79 Å². The highest BCUT2D eigenvalue weighted by molar-refractivity contribution is 6.31. The standard InChI is InChI=1S/C19H15Cl2N3O/c1-11-2-5-14(21)10-16(11)15-8-9-17(23-18(15)22)24-19(25)12-3-6-13(20)7-4-12/h2-10H,1H3,(H3,22,23,24,25). The van der Waals surface area contributed by atoms with Crippen molar-refractivity contribution in [2.75, 3.05) is 11.1 Å². The zero-order chi connectivity index (χ0) is 18.0. The van der Waals surface area contributed by atoms with Crippen molar-refractivity contribution in [1.29, 1.82) is 0 Å². The van der Waals surface area contributed by atoms with E-state index >= 15 is 0 Å². The van der Waals surface area contributed by atoms with Crippen LogP contribution in [0, 0.1) is 6.92 Å². The van der Waals surface area contributed by atoms with E-state index in [9.17, 15) is 4.79 Å². The van der Waals surface area contributed by atoms with Crippen molar-refractivity contribution in [2.24, 2.45) is 0 Å². The van der Waals surface area contributed by atoms with Crippen molar-refractivity contribution in [1.82, 2.24) is 4.98 Å². The van der Waals surface area contributed by atoms with Gasteiger partial charge in [0.2, 0.25) is 0 Å². The second-order valence-corrected chi connectivity index (χ2v) is 6.42. The average Bonchev–Trinajstić information content (AvgIpc) is 2.58. The lowest BCUT2D eigenvalue weighted by atomic mass is 10.0. The first-order chi connectivity index (χ1) is 11.9. The summed E-state index contributed by atoms with van der Waals surface area (Å²) >= 11 is 11.9. The molecule has 0 unspecified atom stereocenters. The Labute approximate surface area is 155 Å². The van der Waals surface area contributed by atoms with Gasteiger partial charge in [0.1, 0.15) is 11.6 Å². The average molecular weight is 372 g/mol. The molecule has 0 saturated heterocycles. The Hall–Kier alpha value is -2.56. The van der Waals surface area contributed by atoms with Crippen molar-refractivity contribution in [3.63, 3.8) is 0 Å². The van der Waals surface area contributed by atoms with E-state index in [2.05, 4.69) is 10.3 Å². The van der Waals surface area contributed by atoms with E-state index in [4.69, 9.17) is 28.9 Å². The van der Waals surface area contributed by atoms with E-state index in [0.717, 1.165) is 16.7 Å². The van der Waals surface area contributed by atoms with Crippen LogP contribution in [0.15, 0.2) is 54.6 Å². The number of nitrogens with one attached hydrogen (secondary N) is 1. The number of amides is 1. The fourth-order valence-corrected chi connectivity index (χ4v) is 2.74. The second kappa shape index (κ2) is 7.13. The van der Waals surface area contributed by atoms with Crippen LogP contribution >= 0.6 is 23.2 Å². The van der Waals surface area contributed by atoms with E-state index in [-0.39, 0.29) is 5.91 Å². The number of carbonyl (C=O) groups is 1. The molecule has 2 aromatic carbocycles. The molecule has 1 amide bonds. The van der Waals surface area contributed by atoms with Crippen LogP contribution in [-0.2, 0) is 0 Å². The highest BCUT2D eigenvalue weighted by atomic mass is 35.5. The summed E-state index contributed by atoms with van der Waals surface area (Å²) in [5, 5.41) is 3.92. The van der Waals surface area contributed by atoms with Gasteiger partial charge in [0.25, 0.3) is 5.91 Å². The number of carbonyl (C=O) groups excluding carboxylic acids is 1. The van der Waals surface area contributed by atoms with Gasteiger partial charge in [-0.05, 0) is 66.6 Å². The Morgan fingerprint density at radius 1 is 0.960 bits per heavy atom. The van der Waals surface area contributed by atoms with Crippen LogP contribution in [0.1, 0.15) is 15.9 Å². The molecule has 1 aromatic heterocycles. The largest absolute Gasteiger partial charge is 0.383 e. The van der Waals surface area contributed by atoms with E-state index in [1.54, 1.807) is 30.3 Å². The molecule has 0 radical (unpaired) electrons. The number of aromatic nitrogens is 1. The lowest BCUT2D eigenvalue weighted by Crippen LogP contribution is -2.13. The summed E-state index contributed by atoms with van der Waals surface area (Å²) in [6, 6.07) is 15.7. The number of halogens is 2. The molecule has 3 rings (SSSR count). The van der Waals surface area contributed by atoms with Gasteiger partial charge in [-0.15, -0.1) is 0 Å². The molecule has 0 fully saturated rings. The van der Waals surface area contributed by atoms with Crippen LogP contribution in [0.5, 0.6) is 0 Å². The zero-order valence-corrected chi connectivity index (χ0v) is 14.9. The number of rotatable bonds is 3. The van der Waals surface area contributed by atoms with Crippen LogP contribution in [0.2, 0.25) is 10.0 Å². The Bertz CT molecular complexity index is 940. The number of nitrogens with zero attached hydrogens (tertiary/aromatic N) is 1. The van der Waals surface area contributed by atoms with Gasteiger partial charge in [0.05, 0.1) is 0 Å². The molecule has 3 aromatic rings. The molecule has 4 nitrogen and oxygen atoms in total.